The van der Waals surface area contributed by atoms with Crippen molar-refractivity contribution in [3.05, 3.63) is 29.8 Å². The molecule has 2 aliphatic rings. The normalized spacial score (nSPS) is 22.8. The van der Waals surface area contributed by atoms with E-state index in [9.17, 15) is 14.4 Å². The van der Waals surface area contributed by atoms with Crippen LogP contribution in [0.1, 0.15) is 51.0 Å². The lowest BCUT2D eigenvalue weighted by Crippen LogP contribution is -2.38. The Hall–Kier alpha value is -2.17. The summed E-state index contributed by atoms with van der Waals surface area (Å²) in [4.78, 5) is 38.2. The molecule has 5 nitrogen and oxygen atoms in total. The molecule has 0 bridgehead atoms. The number of imide groups is 1. The fourth-order valence-corrected chi connectivity index (χ4v) is 3.87. The summed E-state index contributed by atoms with van der Waals surface area (Å²) in [5, 5.41) is 2.79. The number of rotatable bonds is 6. The summed E-state index contributed by atoms with van der Waals surface area (Å²) in [6.07, 6.45) is 6.85. The third kappa shape index (κ3) is 3.91. The number of fused-ring (bicyclic) bond motifs is 1. The zero-order valence-electron chi connectivity index (χ0n) is 14.8. The molecule has 0 unspecified atom stereocenters. The number of hydrogen-bond acceptors (Lipinski definition) is 3. The fourth-order valence-electron chi connectivity index (χ4n) is 3.87. The summed E-state index contributed by atoms with van der Waals surface area (Å²) in [7, 11) is 0. The van der Waals surface area contributed by atoms with Gasteiger partial charge in [-0.05, 0) is 43.4 Å². The van der Waals surface area contributed by atoms with Crippen LogP contribution < -0.4 is 5.32 Å². The van der Waals surface area contributed by atoms with Crippen LogP contribution in [0.15, 0.2) is 24.3 Å². The number of benzene rings is 1. The van der Waals surface area contributed by atoms with Gasteiger partial charge in [-0.15, -0.1) is 0 Å². The van der Waals surface area contributed by atoms with E-state index in [0.717, 1.165) is 49.8 Å². The number of anilines is 1. The molecule has 1 heterocycles. The minimum Gasteiger partial charge on any atom is -0.325 e. The van der Waals surface area contributed by atoms with E-state index in [1.165, 1.54) is 5.56 Å². The molecular weight excluding hydrogens is 316 g/mol. The third-order valence-electron chi connectivity index (χ3n) is 5.29. The van der Waals surface area contributed by atoms with E-state index < -0.39 is 0 Å². The largest absolute Gasteiger partial charge is 0.325 e. The number of aryl methyl sites for hydroxylation is 1. The molecule has 3 rings (SSSR count). The zero-order valence-corrected chi connectivity index (χ0v) is 14.8. The van der Waals surface area contributed by atoms with E-state index in [4.69, 9.17) is 0 Å². The molecular formula is C20H26N2O3. The molecule has 2 fully saturated rings. The predicted octanol–water partition coefficient (Wildman–Crippen LogP) is 3.14. The number of carbonyl (C=O) groups is 3. The number of amides is 3. The van der Waals surface area contributed by atoms with Crippen LogP contribution in [0.5, 0.6) is 0 Å². The quantitative estimate of drug-likeness (QED) is 0.808. The summed E-state index contributed by atoms with van der Waals surface area (Å²) < 4.78 is 0. The molecule has 2 atom stereocenters. The van der Waals surface area contributed by atoms with Crippen LogP contribution in [0.3, 0.4) is 0 Å². The van der Waals surface area contributed by atoms with Gasteiger partial charge < -0.3 is 5.32 Å². The van der Waals surface area contributed by atoms with Crippen LogP contribution in [0, 0.1) is 11.8 Å². The van der Waals surface area contributed by atoms with Crippen molar-refractivity contribution in [1.29, 1.82) is 0 Å². The minimum absolute atomic E-state index is 0.167. The van der Waals surface area contributed by atoms with Crippen molar-refractivity contribution in [3.63, 3.8) is 0 Å². The van der Waals surface area contributed by atoms with Gasteiger partial charge in [0.1, 0.15) is 6.54 Å². The van der Waals surface area contributed by atoms with Crippen LogP contribution in [0.2, 0.25) is 0 Å². The van der Waals surface area contributed by atoms with Crippen molar-refractivity contribution in [2.45, 2.75) is 51.9 Å². The average molecular weight is 342 g/mol. The molecule has 25 heavy (non-hydrogen) atoms. The Morgan fingerprint density at radius 3 is 2.24 bits per heavy atom. The molecule has 134 valence electrons. The Morgan fingerprint density at radius 2 is 1.68 bits per heavy atom. The predicted molar refractivity (Wildman–Crippen MR) is 95.9 cm³/mol. The van der Waals surface area contributed by atoms with Gasteiger partial charge in [0.25, 0.3) is 0 Å². The van der Waals surface area contributed by atoms with Crippen molar-refractivity contribution in [2.75, 3.05) is 11.9 Å². The molecule has 3 amide bonds. The number of nitrogens with one attached hydrogen (secondary N) is 1. The summed E-state index contributed by atoms with van der Waals surface area (Å²) in [6.45, 7) is 1.98. The fraction of sp³-hybridized carbons (Fsp3) is 0.550. The minimum atomic E-state index is -0.318. The topological polar surface area (TPSA) is 66.5 Å². The molecule has 1 aromatic rings. The second-order valence-electron chi connectivity index (χ2n) is 7.11. The average Bonchev–Trinajstić information content (AvgIpc) is 2.86. The smallest absolute Gasteiger partial charge is 0.244 e. The van der Waals surface area contributed by atoms with E-state index in [0.29, 0.717) is 5.69 Å². The monoisotopic (exact) mass is 342 g/mol. The third-order valence-corrected chi connectivity index (χ3v) is 5.29. The van der Waals surface area contributed by atoms with Gasteiger partial charge in [-0.3, -0.25) is 19.3 Å². The Balaban J connectivity index is 1.57. The number of unbranched alkanes of at least 4 members (excludes halogenated alkanes) is 1. The highest BCUT2D eigenvalue weighted by Crippen LogP contribution is 2.37. The molecule has 0 radical (unpaired) electrons. The highest BCUT2D eigenvalue weighted by Gasteiger charge is 2.48. The lowest BCUT2D eigenvalue weighted by Gasteiger charge is -2.19. The van der Waals surface area contributed by atoms with Crippen LogP contribution in [-0.2, 0) is 20.8 Å². The summed E-state index contributed by atoms with van der Waals surface area (Å²) in [5.74, 6) is -1.06. The van der Waals surface area contributed by atoms with Gasteiger partial charge in [0.05, 0.1) is 11.8 Å². The van der Waals surface area contributed by atoms with E-state index >= 15 is 0 Å². The number of hydrogen-bond donors (Lipinski definition) is 1. The maximum atomic E-state index is 12.4. The van der Waals surface area contributed by atoms with E-state index in [1.807, 2.05) is 24.3 Å². The van der Waals surface area contributed by atoms with Gasteiger partial charge in [-0.25, -0.2) is 0 Å². The van der Waals surface area contributed by atoms with E-state index in [-0.39, 0.29) is 36.1 Å². The van der Waals surface area contributed by atoms with Gasteiger partial charge >= 0.3 is 0 Å². The number of nitrogens with zero attached hydrogens (tertiary/aromatic N) is 1. The van der Waals surface area contributed by atoms with Crippen LogP contribution in [-0.4, -0.2) is 29.2 Å². The first-order valence-corrected chi connectivity index (χ1v) is 9.34. The Morgan fingerprint density at radius 1 is 1.08 bits per heavy atom. The van der Waals surface area contributed by atoms with Gasteiger partial charge in [0, 0.05) is 5.69 Å². The second kappa shape index (κ2) is 7.81. The Bertz CT molecular complexity index is 629. The van der Waals surface area contributed by atoms with Crippen molar-refractivity contribution in [3.8, 4) is 0 Å². The molecule has 1 saturated heterocycles. The van der Waals surface area contributed by atoms with Gasteiger partial charge in [-0.2, -0.15) is 0 Å². The van der Waals surface area contributed by atoms with Gasteiger partial charge in [-0.1, -0.05) is 38.3 Å². The second-order valence-corrected chi connectivity index (χ2v) is 7.11. The van der Waals surface area contributed by atoms with Crippen molar-refractivity contribution in [2.24, 2.45) is 11.8 Å². The van der Waals surface area contributed by atoms with Crippen LogP contribution in [0.4, 0.5) is 5.69 Å². The van der Waals surface area contributed by atoms with E-state index in [2.05, 4.69) is 12.2 Å². The maximum absolute atomic E-state index is 12.4. The van der Waals surface area contributed by atoms with E-state index in [1.54, 1.807) is 0 Å². The lowest BCUT2D eigenvalue weighted by molar-refractivity contribution is -0.142. The first-order chi connectivity index (χ1) is 12.1. The van der Waals surface area contributed by atoms with Gasteiger partial charge in [0.15, 0.2) is 0 Å². The van der Waals surface area contributed by atoms with Gasteiger partial charge in [0.2, 0.25) is 17.7 Å². The highest BCUT2D eigenvalue weighted by atomic mass is 16.2. The SMILES string of the molecule is CCCCc1ccc(NC(=O)CN2C(=O)[C@@H]3CCCC[C@H]3C2=O)cc1. The molecule has 1 aliphatic heterocycles. The van der Waals surface area contributed by atoms with Crippen LogP contribution >= 0.6 is 0 Å². The number of likely N-dealkylation sites (tertiary alicyclic amines) is 1. The highest BCUT2D eigenvalue weighted by molar-refractivity contribution is 6.08. The molecule has 1 aliphatic carbocycles. The van der Waals surface area contributed by atoms with Crippen molar-refractivity contribution in [1.82, 2.24) is 4.90 Å². The Kier molecular flexibility index (Phi) is 5.51. The van der Waals surface area contributed by atoms with Crippen molar-refractivity contribution >= 4 is 23.4 Å². The first-order valence-electron chi connectivity index (χ1n) is 9.34. The summed E-state index contributed by atoms with van der Waals surface area (Å²) in [6, 6.07) is 7.75. The maximum Gasteiger partial charge on any atom is 0.244 e. The number of carbonyl (C=O) groups excluding carboxylic acids is 3. The molecule has 1 N–H and O–H groups in total. The zero-order chi connectivity index (χ0) is 17.8. The molecule has 1 saturated carbocycles. The molecule has 0 aromatic heterocycles. The Labute approximate surface area is 148 Å². The summed E-state index contributed by atoms with van der Waals surface area (Å²) in [5.41, 5.74) is 1.94. The van der Waals surface area contributed by atoms with Crippen molar-refractivity contribution < 1.29 is 14.4 Å². The standard InChI is InChI=1S/C20H26N2O3/c1-2-3-6-14-9-11-15(12-10-14)21-18(23)13-22-19(24)16-7-4-5-8-17(16)20(22)25/h9-12,16-17H,2-8,13H2,1H3,(H,21,23)/t16-,17-/m1/s1. The lowest BCUT2D eigenvalue weighted by atomic mass is 9.81. The molecule has 5 heteroatoms. The molecule has 0 spiro atoms. The first kappa shape index (κ1) is 17.6. The molecule has 1 aromatic carbocycles. The summed E-state index contributed by atoms with van der Waals surface area (Å²) >= 11 is 0. The van der Waals surface area contributed by atoms with Crippen LogP contribution in [0.25, 0.3) is 0 Å².